The number of rotatable bonds is 6. The Bertz CT molecular complexity index is 1040. The molecule has 1 aromatic carbocycles. The number of halogens is 4. The van der Waals surface area contributed by atoms with E-state index in [1.165, 1.54) is 4.68 Å². The van der Waals surface area contributed by atoms with Crippen LogP contribution >= 0.6 is 15.9 Å². The maximum Gasteiger partial charge on any atom is 0.436 e. The van der Waals surface area contributed by atoms with Gasteiger partial charge in [0.2, 0.25) is 5.91 Å². The summed E-state index contributed by atoms with van der Waals surface area (Å²) < 4.78 is 42.8. The molecule has 2 aromatic heterocycles. The van der Waals surface area contributed by atoms with Crippen LogP contribution < -0.4 is 5.32 Å². The number of alkyl halides is 3. The predicted molar refractivity (Wildman–Crippen MR) is 109 cm³/mol. The highest BCUT2D eigenvalue weighted by Gasteiger charge is 2.42. The van der Waals surface area contributed by atoms with Gasteiger partial charge in [-0.05, 0) is 65.5 Å². The Morgan fingerprint density at radius 1 is 1.23 bits per heavy atom. The summed E-state index contributed by atoms with van der Waals surface area (Å²) >= 11 is 3.04. The van der Waals surface area contributed by atoms with Crippen molar-refractivity contribution in [2.75, 3.05) is 0 Å². The topological polar surface area (TPSA) is 51.9 Å². The van der Waals surface area contributed by atoms with Crippen molar-refractivity contribution in [2.45, 2.75) is 44.4 Å². The summed E-state index contributed by atoms with van der Waals surface area (Å²) in [6.07, 6.45) is 0.907. The second kappa shape index (κ2) is 7.94. The van der Waals surface area contributed by atoms with E-state index in [-0.39, 0.29) is 28.9 Å². The van der Waals surface area contributed by atoms with Crippen molar-refractivity contribution in [3.8, 4) is 5.69 Å². The van der Waals surface area contributed by atoms with E-state index in [0.717, 1.165) is 24.1 Å². The van der Waals surface area contributed by atoms with E-state index in [0.29, 0.717) is 5.69 Å². The van der Waals surface area contributed by atoms with Crippen LogP contribution in [-0.4, -0.2) is 20.3 Å². The molecule has 0 spiro atoms. The lowest BCUT2D eigenvalue weighted by Crippen LogP contribution is -2.31. The molecule has 0 radical (unpaired) electrons. The molecule has 1 amide bonds. The van der Waals surface area contributed by atoms with Crippen molar-refractivity contribution in [2.24, 2.45) is 0 Å². The third-order valence-corrected chi connectivity index (χ3v) is 5.91. The van der Waals surface area contributed by atoms with Crippen LogP contribution in [0.25, 0.3) is 5.69 Å². The zero-order valence-electron chi connectivity index (χ0n) is 16.2. The third-order valence-electron chi connectivity index (χ3n) is 5.13. The normalized spacial score (nSPS) is 15.2. The Hall–Kier alpha value is -2.55. The van der Waals surface area contributed by atoms with Crippen LogP contribution in [0.3, 0.4) is 0 Å². The molecule has 9 heteroatoms. The summed E-state index contributed by atoms with van der Waals surface area (Å²) in [4.78, 5) is 12.5. The van der Waals surface area contributed by atoms with Gasteiger partial charge in [0.15, 0.2) is 5.69 Å². The summed E-state index contributed by atoms with van der Waals surface area (Å²) in [6.45, 7) is 1.58. The average Bonchev–Trinajstić information content (AvgIpc) is 3.24. The Morgan fingerprint density at radius 2 is 1.87 bits per heavy atom. The lowest BCUT2D eigenvalue weighted by molar-refractivity contribution is -0.142. The van der Waals surface area contributed by atoms with Gasteiger partial charge >= 0.3 is 6.18 Å². The standard InChI is InChI=1S/C21H20BrF3N4O/c1-13(14-6-8-16(9-7-14)28-10-2-3-11-28)26-17(30)12-29-19(15-4-5-15)18(22)20(27-29)21(23,24)25/h2-3,6-11,13,15H,4-5,12H2,1H3,(H,26,30). The van der Waals surface area contributed by atoms with Gasteiger partial charge in [0, 0.05) is 24.0 Å². The van der Waals surface area contributed by atoms with Crippen LogP contribution in [-0.2, 0) is 17.5 Å². The van der Waals surface area contributed by atoms with Crippen molar-refractivity contribution in [1.82, 2.24) is 19.7 Å². The van der Waals surface area contributed by atoms with E-state index in [9.17, 15) is 18.0 Å². The lowest BCUT2D eigenvalue weighted by Gasteiger charge is -2.16. The van der Waals surface area contributed by atoms with Crippen molar-refractivity contribution < 1.29 is 18.0 Å². The molecule has 1 fully saturated rings. The van der Waals surface area contributed by atoms with E-state index >= 15 is 0 Å². The molecule has 158 valence electrons. The largest absolute Gasteiger partial charge is 0.436 e. The van der Waals surface area contributed by atoms with E-state index in [2.05, 4.69) is 26.3 Å². The Morgan fingerprint density at radius 3 is 2.43 bits per heavy atom. The van der Waals surface area contributed by atoms with Crippen molar-refractivity contribution in [3.05, 3.63) is 70.2 Å². The molecular formula is C21H20BrF3N4O. The number of carbonyl (C=O) groups excluding carboxylic acids is 1. The van der Waals surface area contributed by atoms with E-state index in [1.54, 1.807) is 0 Å². The maximum atomic E-state index is 13.2. The van der Waals surface area contributed by atoms with E-state index in [4.69, 9.17) is 0 Å². The number of nitrogens with one attached hydrogen (secondary N) is 1. The van der Waals surface area contributed by atoms with Crippen molar-refractivity contribution in [1.29, 1.82) is 0 Å². The summed E-state index contributed by atoms with van der Waals surface area (Å²) in [5.41, 5.74) is 1.36. The number of aromatic nitrogens is 3. The fraction of sp³-hybridized carbons (Fsp3) is 0.333. The summed E-state index contributed by atoms with van der Waals surface area (Å²) in [5, 5.41) is 6.53. The molecule has 0 aliphatic heterocycles. The fourth-order valence-corrected chi connectivity index (χ4v) is 4.28. The van der Waals surface area contributed by atoms with E-state index < -0.39 is 11.9 Å². The first-order valence-corrected chi connectivity index (χ1v) is 10.4. The van der Waals surface area contributed by atoms with Crippen LogP contribution in [0.5, 0.6) is 0 Å². The maximum absolute atomic E-state index is 13.2. The summed E-state index contributed by atoms with van der Waals surface area (Å²) in [6, 6.07) is 11.3. The van der Waals surface area contributed by atoms with Gasteiger partial charge in [-0.15, -0.1) is 0 Å². The zero-order valence-corrected chi connectivity index (χ0v) is 17.7. The summed E-state index contributed by atoms with van der Waals surface area (Å²) in [7, 11) is 0. The van der Waals surface area contributed by atoms with Crippen molar-refractivity contribution in [3.63, 3.8) is 0 Å². The number of hydrogen-bond acceptors (Lipinski definition) is 2. The molecule has 1 aliphatic rings. The third kappa shape index (κ3) is 4.30. The molecule has 0 bridgehead atoms. The van der Waals surface area contributed by atoms with Crippen LogP contribution in [0.2, 0.25) is 0 Å². The molecule has 4 rings (SSSR count). The predicted octanol–water partition coefficient (Wildman–Crippen LogP) is 5.21. The van der Waals surface area contributed by atoms with Gasteiger partial charge in [-0.25, -0.2) is 0 Å². The molecule has 30 heavy (non-hydrogen) atoms. The first-order chi connectivity index (χ1) is 14.2. The molecule has 0 saturated heterocycles. The number of nitrogens with zero attached hydrogens (tertiary/aromatic N) is 3. The van der Waals surface area contributed by atoms with Crippen LogP contribution in [0.4, 0.5) is 13.2 Å². The fourth-order valence-electron chi connectivity index (χ4n) is 3.45. The quantitative estimate of drug-likeness (QED) is 0.526. The minimum atomic E-state index is -4.57. The number of amides is 1. The SMILES string of the molecule is CC(NC(=O)Cn1nc(C(F)(F)F)c(Br)c1C1CC1)c1ccc(-n2cccc2)cc1. The number of hydrogen-bond donors (Lipinski definition) is 1. The highest BCUT2D eigenvalue weighted by Crippen LogP contribution is 2.46. The molecule has 5 nitrogen and oxygen atoms in total. The van der Waals surface area contributed by atoms with Gasteiger partial charge in [0.05, 0.1) is 16.2 Å². The molecular weight excluding hydrogens is 461 g/mol. The first-order valence-electron chi connectivity index (χ1n) is 9.60. The zero-order chi connectivity index (χ0) is 21.5. The number of benzene rings is 1. The van der Waals surface area contributed by atoms with Gasteiger partial charge in [0.25, 0.3) is 0 Å². The minimum absolute atomic E-state index is 0.00873. The molecule has 3 aromatic rings. The highest BCUT2D eigenvalue weighted by molar-refractivity contribution is 9.10. The van der Waals surface area contributed by atoms with Crippen LogP contribution in [0.1, 0.15) is 48.7 Å². The molecule has 1 unspecified atom stereocenters. The molecule has 2 heterocycles. The molecule has 1 aliphatic carbocycles. The smallest absolute Gasteiger partial charge is 0.348 e. The van der Waals surface area contributed by atoms with Gasteiger partial charge < -0.3 is 9.88 Å². The van der Waals surface area contributed by atoms with Crippen molar-refractivity contribution >= 4 is 21.8 Å². The van der Waals surface area contributed by atoms with Gasteiger partial charge in [-0.2, -0.15) is 18.3 Å². The van der Waals surface area contributed by atoms with E-state index in [1.807, 2.05) is 60.3 Å². The van der Waals surface area contributed by atoms with Gasteiger partial charge in [0.1, 0.15) is 6.54 Å². The minimum Gasteiger partial charge on any atom is -0.348 e. The van der Waals surface area contributed by atoms with Gasteiger partial charge in [-0.3, -0.25) is 9.48 Å². The Kier molecular flexibility index (Phi) is 5.48. The molecule has 1 saturated carbocycles. The molecule has 1 atom stereocenters. The average molecular weight is 481 g/mol. The second-order valence-corrected chi connectivity index (χ2v) is 8.24. The Balaban J connectivity index is 1.46. The highest BCUT2D eigenvalue weighted by atomic mass is 79.9. The Labute approximate surface area is 180 Å². The lowest BCUT2D eigenvalue weighted by atomic mass is 10.1. The first kappa shape index (κ1) is 20.7. The molecule has 1 N–H and O–H groups in total. The van der Waals surface area contributed by atoms with Crippen LogP contribution in [0.15, 0.2) is 53.3 Å². The van der Waals surface area contributed by atoms with Crippen LogP contribution in [0, 0.1) is 0 Å². The monoisotopic (exact) mass is 480 g/mol. The summed E-state index contributed by atoms with van der Waals surface area (Å²) in [5.74, 6) is -0.378. The van der Waals surface area contributed by atoms with Gasteiger partial charge in [-0.1, -0.05) is 12.1 Å². The second-order valence-electron chi connectivity index (χ2n) is 7.45. The number of carbonyl (C=O) groups is 1.